The topological polar surface area (TPSA) is 98.7 Å². The summed E-state index contributed by atoms with van der Waals surface area (Å²) in [6, 6.07) is -1.60. The van der Waals surface area contributed by atoms with Gasteiger partial charge in [0.1, 0.15) is 6.04 Å². The van der Waals surface area contributed by atoms with E-state index in [9.17, 15) is 14.4 Å². The standard InChI is InChI=1S/C9H17N3O4/c1-4-6(8(14)15)11-9(16)10-5-7(13)12(2)3/h6H,4-5H2,1-3H3,(H,14,15)(H2,10,11,16). The van der Waals surface area contributed by atoms with Crippen LogP contribution >= 0.6 is 0 Å². The van der Waals surface area contributed by atoms with E-state index < -0.39 is 18.0 Å². The predicted molar refractivity (Wildman–Crippen MR) is 56.9 cm³/mol. The molecule has 0 aliphatic carbocycles. The van der Waals surface area contributed by atoms with E-state index in [2.05, 4.69) is 10.6 Å². The zero-order valence-corrected chi connectivity index (χ0v) is 9.61. The summed E-state index contributed by atoms with van der Waals surface area (Å²) in [4.78, 5) is 34.2. The van der Waals surface area contributed by atoms with E-state index in [1.54, 1.807) is 21.0 Å². The summed E-state index contributed by atoms with van der Waals surface area (Å²) in [6.45, 7) is 1.49. The number of rotatable bonds is 5. The van der Waals surface area contributed by atoms with Gasteiger partial charge in [-0.2, -0.15) is 0 Å². The Hall–Kier alpha value is -1.79. The number of hydrogen-bond acceptors (Lipinski definition) is 3. The lowest BCUT2D eigenvalue weighted by atomic mass is 10.2. The van der Waals surface area contributed by atoms with E-state index in [4.69, 9.17) is 5.11 Å². The number of amides is 3. The van der Waals surface area contributed by atoms with Gasteiger partial charge in [-0.3, -0.25) is 4.79 Å². The molecule has 0 spiro atoms. The van der Waals surface area contributed by atoms with E-state index >= 15 is 0 Å². The fraction of sp³-hybridized carbons (Fsp3) is 0.667. The van der Waals surface area contributed by atoms with Crippen molar-refractivity contribution in [1.82, 2.24) is 15.5 Å². The second-order valence-corrected chi connectivity index (χ2v) is 3.41. The molecular formula is C9H17N3O4. The lowest BCUT2D eigenvalue weighted by Gasteiger charge is -2.14. The number of carbonyl (C=O) groups excluding carboxylic acids is 2. The number of aliphatic carboxylic acids is 1. The third kappa shape index (κ3) is 5.18. The molecule has 0 rings (SSSR count). The normalized spacial score (nSPS) is 11.4. The average molecular weight is 231 g/mol. The smallest absolute Gasteiger partial charge is 0.326 e. The molecule has 92 valence electrons. The van der Waals surface area contributed by atoms with Gasteiger partial charge in [0.2, 0.25) is 5.91 Å². The van der Waals surface area contributed by atoms with Crippen LogP contribution in [0.25, 0.3) is 0 Å². The van der Waals surface area contributed by atoms with Crippen LogP contribution in [0.15, 0.2) is 0 Å². The van der Waals surface area contributed by atoms with Crippen LogP contribution in [0, 0.1) is 0 Å². The van der Waals surface area contributed by atoms with E-state index in [-0.39, 0.29) is 18.9 Å². The SMILES string of the molecule is CCC(NC(=O)NCC(=O)N(C)C)C(=O)O. The Balaban J connectivity index is 3.99. The molecule has 0 radical (unpaired) electrons. The minimum Gasteiger partial charge on any atom is -0.480 e. The summed E-state index contributed by atoms with van der Waals surface area (Å²) >= 11 is 0. The monoisotopic (exact) mass is 231 g/mol. The molecule has 0 fully saturated rings. The number of carbonyl (C=O) groups is 3. The predicted octanol–water partition coefficient (Wildman–Crippen LogP) is -0.763. The molecule has 0 heterocycles. The molecule has 0 aliphatic heterocycles. The Morgan fingerprint density at radius 2 is 1.88 bits per heavy atom. The van der Waals surface area contributed by atoms with Crippen LogP contribution < -0.4 is 10.6 Å². The summed E-state index contributed by atoms with van der Waals surface area (Å²) in [5, 5.41) is 13.2. The molecule has 0 aromatic rings. The maximum Gasteiger partial charge on any atom is 0.326 e. The van der Waals surface area contributed by atoms with Gasteiger partial charge in [-0.1, -0.05) is 6.92 Å². The first-order valence-electron chi connectivity index (χ1n) is 4.85. The van der Waals surface area contributed by atoms with Crippen LogP contribution in [0.4, 0.5) is 4.79 Å². The number of nitrogens with one attached hydrogen (secondary N) is 2. The zero-order valence-electron chi connectivity index (χ0n) is 9.61. The van der Waals surface area contributed by atoms with Crippen LogP contribution in [-0.4, -0.2) is 54.6 Å². The van der Waals surface area contributed by atoms with Crippen LogP contribution in [0.3, 0.4) is 0 Å². The molecular weight excluding hydrogens is 214 g/mol. The molecule has 0 bridgehead atoms. The van der Waals surface area contributed by atoms with Gasteiger partial charge >= 0.3 is 12.0 Å². The third-order valence-corrected chi connectivity index (χ3v) is 1.91. The van der Waals surface area contributed by atoms with Crippen molar-refractivity contribution in [3.63, 3.8) is 0 Å². The molecule has 7 nitrogen and oxygen atoms in total. The minimum absolute atomic E-state index is 0.158. The maximum absolute atomic E-state index is 11.2. The average Bonchev–Trinajstić information content (AvgIpc) is 2.21. The molecule has 7 heteroatoms. The number of carboxylic acids is 1. The number of nitrogens with zero attached hydrogens (tertiary/aromatic N) is 1. The summed E-state index contributed by atoms with van der Waals surface area (Å²) in [7, 11) is 3.13. The van der Waals surface area contributed by atoms with Crippen molar-refractivity contribution in [2.24, 2.45) is 0 Å². The van der Waals surface area contributed by atoms with Gasteiger partial charge in [0, 0.05) is 14.1 Å². The molecule has 3 N–H and O–H groups in total. The molecule has 16 heavy (non-hydrogen) atoms. The van der Waals surface area contributed by atoms with Gasteiger partial charge in [-0.15, -0.1) is 0 Å². The van der Waals surface area contributed by atoms with Gasteiger partial charge in [0.25, 0.3) is 0 Å². The number of likely N-dealkylation sites (N-methyl/N-ethyl adjacent to an activating group) is 1. The van der Waals surface area contributed by atoms with Gasteiger partial charge in [-0.25, -0.2) is 9.59 Å². The number of carboxylic acid groups (broad SMARTS) is 1. The van der Waals surface area contributed by atoms with Crippen LogP contribution in [0.5, 0.6) is 0 Å². The minimum atomic E-state index is -1.10. The highest BCUT2D eigenvalue weighted by atomic mass is 16.4. The Bertz CT molecular complexity index is 278. The highest BCUT2D eigenvalue weighted by molar-refractivity contribution is 5.86. The van der Waals surface area contributed by atoms with Crippen molar-refractivity contribution in [3.8, 4) is 0 Å². The Morgan fingerprint density at radius 3 is 2.25 bits per heavy atom. The highest BCUT2D eigenvalue weighted by Crippen LogP contribution is 1.90. The van der Waals surface area contributed by atoms with Gasteiger partial charge < -0.3 is 20.6 Å². The molecule has 3 amide bonds. The van der Waals surface area contributed by atoms with Gasteiger partial charge in [-0.05, 0) is 6.42 Å². The second-order valence-electron chi connectivity index (χ2n) is 3.41. The summed E-state index contributed by atoms with van der Waals surface area (Å²) in [6.07, 6.45) is 0.282. The lowest BCUT2D eigenvalue weighted by molar-refractivity contribution is -0.139. The highest BCUT2D eigenvalue weighted by Gasteiger charge is 2.17. The first kappa shape index (κ1) is 14.2. The second kappa shape index (κ2) is 6.65. The first-order valence-corrected chi connectivity index (χ1v) is 4.85. The molecule has 0 saturated heterocycles. The molecule has 0 aliphatic rings. The summed E-state index contributed by atoms with van der Waals surface area (Å²) in [5.74, 6) is -1.37. The molecule has 0 aromatic carbocycles. The van der Waals surface area contributed by atoms with Crippen molar-refractivity contribution in [2.45, 2.75) is 19.4 Å². The van der Waals surface area contributed by atoms with Crippen molar-refractivity contribution in [3.05, 3.63) is 0 Å². The Kier molecular flexibility index (Phi) is 5.91. The molecule has 1 unspecified atom stereocenters. The first-order chi connectivity index (χ1) is 7.38. The van der Waals surface area contributed by atoms with Gasteiger partial charge in [0.05, 0.1) is 6.54 Å². The maximum atomic E-state index is 11.2. The van der Waals surface area contributed by atoms with E-state index in [0.29, 0.717) is 0 Å². The fourth-order valence-corrected chi connectivity index (χ4v) is 0.862. The van der Waals surface area contributed by atoms with E-state index in [1.807, 2.05) is 0 Å². The Morgan fingerprint density at radius 1 is 1.31 bits per heavy atom. The summed E-state index contributed by atoms with van der Waals surface area (Å²) < 4.78 is 0. The van der Waals surface area contributed by atoms with Crippen molar-refractivity contribution in [2.75, 3.05) is 20.6 Å². The van der Waals surface area contributed by atoms with Gasteiger partial charge in [0.15, 0.2) is 0 Å². The molecule has 1 atom stereocenters. The quantitative estimate of drug-likeness (QED) is 0.579. The van der Waals surface area contributed by atoms with Crippen molar-refractivity contribution >= 4 is 17.9 Å². The van der Waals surface area contributed by atoms with E-state index in [1.165, 1.54) is 4.90 Å². The Labute approximate surface area is 93.8 Å². The van der Waals surface area contributed by atoms with Crippen LogP contribution in [0.2, 0.25) is 0 Å². The summed E-state index contributed by atoms with van der Waals surface area (Å²) in [5.41, 5.74) is 0. The lowest BCUT2D eigenvalue weighted by Crippen LogP contribution is -2.48. The van der Waals surface area contributed by atoms with Crippen molar-refractivity contribution < 1.29 is 19.5 Å². The van der Waals surface area contributed by atoms with Crippen LogP contribution in [-0.2, 0) is 9.59 Å². The number of urea groups is 1. The number of hydrogen-bond donors (Lipinski definition) is 3. The fourth-order valence-electron chi connectivity index (χ4n) is 0.862. The zero-order chi connectivity index (χ0) is 12.7. The van der Waals surface area contributed by atoms with Crippen molar-refractivity contribution in [1.29, 1.82) is 0 Å². The molecule has 0 saturated carbocycles. The third-order valence-electron chi connectivity index (χ3n) is 1.91. The largest absolute Gasteiger partial charge is 0.480 e. The van der Waals surface area contributed by atoms with Crippen LogP contribution in [0.1, 0.15) is 13.3 Å². The van der Waals surface area contributed by atoms with E-state index in [0.717, 1.165) is 0 Å². The molecule has 0 aromatic heterocycles.